The zero-order valence-corrected chi connectivity index (χ0v) is 14.6. The highest BCUT2D eigenvalue weighted by molar-refractivity contribution is 5.81. The van der Waals surface area contributed by atoms with Crippen LogP contribution in [0.5, 0.6) is 0 Å². The number of rotatable bonds is 5. The Balaban J connectivity index is 1.40. The molecule has 1 N–H and O–H groups in total. The zero-order chi connectivity index (χ0) is 17.1. The number of piperidine rings is 1. The van der Waals surface area contributed by atoms with Gasteiger partial charge in [0.15, 0.2) is 0 Å². The number of fused-ring (bicyclic) bond motifs is 1. The summed E-state index contributed by atoms with van der Waals surface area (Å²) in [6.45, 7) is 4.41. The molecule has 5 nitrogen and oxygen atoms in total. The third kappa shape index (κ3) is 3.78. The van der Waals surface area contributed by atoms with Gasteiger partial charge in [-0.3, -0.25) is 0 Å². The standard InChI is InChI=1S/C20H26N2O3/c23-12-17-11-16-3-1-2-4-19(16)21-20(17)22-8-5-18(6-9-22)25-14-15-7-10-24-13-15/h1-4,11,15,18,23H,5-10,12-14H2. The largest absolute Gasteiger partial charge is 0.392 e. The second kappa shape index (κ2) is 7.68. The molecule has 1 aromatic heterocycles. The fourth-order valence-electron chi connectivity index (χ4n) is 3.76. The number of anilines is 1. The molecule has 0 bridgehead atoms. The highest BCUT2D eigenvalue weighted by Gasteiger charge is 2.24. The molecule has 5 heteroatoms. The summed E-state index contributed by atoms with van der Waals surface area (Å²) in [5.41, 5.74) is 1.88. The minimum atomic E-state index is 0.0191. The van der Waals surface area contributed by atoms with Gasteiger partial charge in [-0.1, -0.05) is 18.2 Å². The summed E-state index contributed by atoms with van der Waals surface area (Å²) in [6, 6.07) is 10.1. The van der Waals surface area contributed by atoms with Crippen molar-refractivity contribution in [3.8, 4) is 0 Å². The van der Waals surface area contributed by atoms with Crippen molar-refractivity contribution in [3.63, 3.8) is 0 Å². The molecule has 2 aromatic rings. The molecule has 25 heavy (non-hydrogen) atoms. The van der Waals surface area contributed by atoms with Gasteiger partial charge in [-0.25, -0.2) is 4.98 Å². The highest BCUT2D eigenvalue weighted by Crippen LogP contribution is 2.27. The van der Waals surface area contributed by atoms with Crippen LogP contribution in [0.25, 0.3) is 10.9 Å². The number of benzene rings is 1. The second-order valence-electron chi connectivity index (χ2n) is 7.07. The number of aliphatic hydroxyl groups is 1. The Kier molecular flexibility index (Phi) is 5.15. The Morgan fingerprint density at radius 1 is 1.20 bits per heavy atom. The maximum Gasteiger partial charge on any atom is 0.134 e. The van der Waals surface area contributed by atoms with E-state index in [1.54, 1.807) is 0 Å². The SMILES string of the molecule is OCc1cc2ccccc2nc1N1CCC(OCC2CCOC2)CC1. The van der Waals surface area contributed by atoms with Crippen molar-refractivity contribution in [3.05, 3.63) is 35.9 Å². The maximum absolute atomic E-state index is 9.76. The van der Waals surface area contributed by atoms with E-state index in [0.717, 1.165) is 74.5 Å². The lowest BCUT2D eigenvalue weighted by atomic mass is 10.1. The number of para-hydroxylation sites is 1. The Bertz CT molecular complexity index is 707. The van der Waals surface area contributed by atoms with Crippen LogP contribution in [0, 0.1) is 5.92 Å². The van der Waals surface area contributed by atoms with E-state index < -0.39 is 0 Å². The van der Waals surface area contributed by atoms with Crippen LogP contribution in [0.3, 0.4) is 0 Å². The quantitative estimate of drug-likeness (QED) is 0.905. The van der Waals surface area contributed by atoms with Crippen LogP contribution in [0.2, 0.25) is 0 Å². The van der Waals surface area contributed by atoms with E-state index in [4.69, 9.17) is 14.5 Å². The molecule has 3 heterocycles. The second-order valence-corrected chi connectivity index (χ2v) is 7.07. The number of pyridine rings is 1. The lowest BCUT2D eigenvalue weighted by molar-refractivity contribution is 0.0131. The molecule has 0 radical (unpaired) electrons. The number of hydrogen-bond donors (Lipinski definition) is 1. The van der Waals surface area contributed by atoms with Crippen LogP contribution >= 0.6 is 0 Å². The predicted molar refractivity (Wildman–Crippen MR) is 97.8 cm³/mol. The van der Waals surface area contributed by atoms with Crippen LogP contribution < -0.4 is 4.90 Å². The van der Waals surface area contributed by atoms with Crippen molar-refractivity contribution < 1.29 is 14.6 Å². The van der Waals surface area contributed by atoms with Gasteiger partial charge in [0.1, 0.15) is 5.82 Å². The summed E-state index contributed by atoms with van der Waals surface area (Å²) >= 11 is 0. The molecule has 0 spiro atoms. The third-order valence-corrected chi connectivity index (χ3v) is 5.28. The molecule has 0 amide bonds. The highest BCUT2D eigenvalue weighted by atomic mass is 16.5. The van der Waals surface area contributed by atoms with Crippen LogP contribution in [-0.4, -0.2) is 49.1 Å². The first-order chi connectivity index (χ1) is 12.3. The van der Waals surface area contributed by atoms with Crippen LogP contribution in [0.15, 0.2) is 30.3 Å². The van der Waals surface area contributed by atoms with Gasteiger partial charge in [0.05, 0.1) is 31.4 Å². The number of ether oxygens (including phenoxy) is 2. The summed E-state index contributed by atoms with van der Waals surface area (Å²) in [5, 5.41) is 10.8. The topological polar surface area (TPSA) is 54.8 Å². The summed E-state index contributed by atoms with van der Waals surface area (Å²) in [6.07, 6.45) is 3.47. The lowest BCUT2D eigenvalue weighted by Crippen LogP contribution is -2.38. The molecule has 0 aliphatic carbocycles. The molecule has 2 fully saturated rings. The van der Waals surface area contributed by atoms with Crippen molar-refractivity contribution >= 4 is 16.7 Å². The van der Waals surface area contributed by atoms with Gasteiger partial charge >= 0.3 is 0 Å². The Hall–Kier alpha value is -1.69. The molecule has 2 aliphatic heterocycles. The van der Waals surface area contributed by atoms with Gasteiger partial charge in [0.25, 0.3) is 0 Å². The fourth-order valence-corrected chi connectivity index (χ4v) is 3.76. The van der Waals surface area contributed by atoms with Crippen LogP contribution in [-0.2, 0) is 16.1 Å². The van der Waals surface area contributed by atoms with E-state index >= 15 is 0 Å². The van der Waals surface area contributed by atoms with Gasteiger partial charge in [-0.15, -0.1) is 0 Å². The molecular weight excluding hydrogens is 316 g/mol. The maximum atomic E-state index is 9.76. The monoisotopic (exact) mass is 342 g/mol. The van der Waals surface area contributed by atoms with Gasteiger partial charge in [-0.2, -0.15) is 0 Å². The zero-order valence-electron chi connectivity index (χ0n) is 14.6. The average Bonchev–Trinajstić information content (AvgIpc) is 3.19. The molecular formula is C20H26N2O3. The normalized spacial score (nSPS) is 22.0. The predicted octanol–water partition coefficient (Wildman–Crippen LogP) is 2.75. The van der Waals surface area contributed by atoms with E-state index in [-0.39, 0.29) is 6.61 Å². The fraction of sp³-hybridized carbons (Fsp3) is 0.550. The first kappa shape index (κ1) is 16.8. The van der Waals surface area contributed by atoms with Crippen molar-refractivity contribution in [2.24, 2.45) is 5.92 Å². The summed E-state index contributed by atoms with van der Waals surface area (Å²) in [7, 11) is 0. The first-order valence-corrected chi connectivity index (χ1v) is 9.27. The smallest absolute Gasteiger partial charge is 0.134 e. The number of hydrogen-bond acceptors (Lipinski definition) is 5. The molecule has 2 aliphatic rings. The number of nitrogens with zero attached hydrogens (tertiary/aromatic N) is 2. The molecule has 0 saturated carbocycles. The van der Waals surface area contributed by atoms with Gasteiger partial charge in [0, 0.05) is 36.6 Å². The van der Waals surface area contributed by atoms with Crippen molar-refractivity contribution in [1.29, 1.82) is 0 Å². The molecule has 1 aromatic carbocycles. The summed E-state index contributed by atoms with van der Waals surface area (Å²) < 4.78 is 11.5. The van der Waals surface area contributed by atoms with E-state index in [1.165, 1.54) is 0 Å². The third-order valence-electron chi connectivity index (χ3n) is 5.28. The molecule has 2 saturated heterocycles. The lowest BCUT2D eigenvalue weighted by Gasteiger charge is -2.34. The van der Waals surface area contributed by atoms with Crippen molar-refractivity contribution in [1.82, 2.24) is 4.98 Å². The number of aliphatic hydroxyl groups excluding tert-OH is 1. The van der Waals surface area contributed by atoms with Gasteiger partial charge in [0.2, 0.25) is 0 Å². The van der Waals surface area contributed by atoms with Gasteiger partial charge < -0.3 is 19.5 Å². The Labute approximate surface area is 148 Å². The minimum absolute atomic E-state index is 0.0191. The van der Waals surface area contributed by atoms with Crippen LogP contribution in [0.1, 0.15) is 24.8 Å². The molecule has 134 valence electrons. The molecule has 1 unspecified atom stereocenters. The summed E-state index contributed by atoms with van der Waals surface area (Å²) in [4.78, 5) is 7.10. The van der Waals surface area contributed by atoms with Crippen molar-refractivity contribution in [2.75, 3.05) is 37.8 Å². The van der Waals surface area contributed by atoms with E-state index in [9.17, 15) is 5.11 Å². The van der Waals surface area contributed by atoms with E-state index in [0.29, 0.717) is 12.0 Å². The Morgan fingerprint density at radius 3 is 2.80 bits per heavy atom. The first-order valence-electron chi connectivity index (χ1n) is 9.27. The van der Waals surface area contributed by atoms with E-state index in [1.807, 2.05) is 24.3 Å². The van der Waals surface area contributed by atoms with Crippen molar-refractivity contribution in [2.45, 2.75) is 32.0 Å². The van der Waals surface area contributed by atoms with E-state index in [2.05, 4.69) is 11.0 Å². The Morgan fingerprint density at radius 2 is 2.04 bits per heavy atom. The molecule has 4 rings (SSSR count). The van der Waals surface area contributed by atoms with Gasteiger partial charge in [-0.05, 0) is 31.4 Å². The summed E-state index contributed by atoms with van der Waals surface area (Å²) in [5.74, 6) is 1.49. The minimum Gasteiger partial charge on any atom is -0.392 e. The average molecular weight is 342 g/mol. The van der Waals surface area contributed by atoms with Crippen LogP contribution in [0.4, 0.5) is 5.82 Å². The molecule has 1 atom stereocenters. The number of aromatic nitrogens is 1.